The molecule has 1 aromatic heterocycles. The van der Waals surface area contributed by atoms with Crippen molar-refractivity contribution in [3.8, 4) is 11.6 Å². The summed E-state index contributed by atoms with van der Waals surface area (Å²) in [6.45, 7) is 2.06. The van der Waals surface area contributed by atoms with Crippen LogP contribution in [0.1, 0.15) is 27.7 Å². The Hall–Kier alpha value is -3.03. The molecule has 0 radical (unpaired) electrons. The zero-order valence-electron chi connectivity index (χ0n) is 15.0. The van der Waals surface area contributed by atoms with Gasteiger partial charge in [0.1, 0.15) is 0 Å². The van der Waals surface area contributed by atoms with E-state index in [1.54, 1.807) is 42.0 Å². The number of carbonyl (C=O) groups is 1. The highest BCUT2D eigenvalue weighted by molar-refractivity contribution is 7.73. The van der Waals surface area contributed by atoms with E-state index in [0.717, 1.165) is 16.8 Å². The number of aliphatic imine (C=N–C) groups is 1. The molecule has 7 heteroatoms. The highest BCUT2D eigenvalue weighted by Gasteiger charge is 2.17. The minimum Gasteiger partial charge on any atom is -0.493 e. The van der Waals surface area contributed by atoms with Gasteiger partial charge in [0.2, 0.25) is 5.88 Å². The average Bonchev–Trinajstić information content (AvgIpc) is 3.23. The van der Waals surface area contributed by atoms with Crippen LogP contribution in [0.15, 0.2) is 53.5 Å². The van der Waals surface area contributed by atoms with Gasteiger partial charge in [0.15, 0.2) is 3.95 Å². The van der Waals surface area contributed by atoms with Crippen molar-refractivity contribution in [2.45, 2.75) is 6.92 Å². The van der Waals surface area contributed by atoms with Gasteiger partial charge < -0.3 is 9.84 Å². The third-order valence-corrected chi connectivity index (χ3v) is 5.58. The summed E-state index contributed by atoms with van der Waals surface area (Å²) in [7, 11) is 0. The monoisotopic (exact) mass is 408 g/mol. The molecule has 1 aliphatic rings. The number of nitrogens with zero attached hydrogens (tertiary/aromatic N) is 2. The predicted octanol–water partition coefficient (Wildman–Crippen LogP) is 5.41. The number of aromatic hydroxyl groups is 1. The molecule has 28 heavy (non-hydrogen) atoms. The quantitative estimate of drug-likeness (QED) is 0.463. The second-order valence-corrected chi connectivity index (χ2v) is 7.71. The molecule has 140 valence electrons. The summed E-state index contributed by atoms with van der Waals surface area (Å²) >= 11 is 6.76. The summed E-state index contributed by atoms with van der Waals surface area (Å²) in [6.07, 6.45) is 3.65. The summed E-state index contributed by atoms with van der Waals surface area (Å²) in [5, 5.41) is 10.8. The average molecular weight is 409 g/mol. The fourth-order valence-electron chi connectivity index (χ4n) is 2.99. The lowest BCUT2D eigenvalue weighted by Gasteiger charge is -2.07. The van der Waals surface area contributed by atoms with Crippen LogP contribution in [0.5, 0.6) is 5.88 Å². The molecule has 0 unspecified atom stereocenters. The van der Waals surface area contributed by atoms with Gasteiger partial charge in [0.05, 0.1) is 28.4 Å². The lowest BCUT2D eigenvalue weighted by molar-refractivity contribution is 0.0526. The first-order chi connectivity index (χ1) is 13.6. The summed E-state index contributed by atoms with van der Waals surface area (Å²) in [5.74, 6) is -0.381. The molecule has 1 aliphatic heterocycles. The van der Waals surface area contributed by atoms with Gasteiger partial charge >= 0.3 is 5.97 Å². The molecule has 0 fully saturated rings. The largest absolute Gasteiger partial charge is 0.493 e. The van der Waals surface area contributed by atoms with E-state index < -0.39 is 5.97 Å². The van der Waals surface area contributed by atoms with Crippen LogP contribution in [0.4, 0.5) is 5.69 Å². The number of hydrogen-bond acceptors (Lipinski definition) is 6. The Morgan fingerprint density at radius 2 is 2.11 bits per heavy atom. The van der Waals surface area contributed by atoms with Gasteiger partial charge in [0.25, 0.3) is 0 Å². The number of para-hydroxylation sites is 1. The summed E-state index contributed by atoms with van der Waals surface area (Å²) in [6, 6.07) is 14.7. The summed E-state index contributed by atoms with van der Waals surface area (Å²) in [5.41, 5.74) is 3.84. The van der Waals surface area contributed by atoms with Gasteiger partial charge in [-0.15, -0.1) is 11.3 Å². The van der Waals surface area contributed by atoms with Crippen molar-refractivity contribution < 1.29 is 14.6 Å². The topological polar surface area (TPSA) is 63.8 Å². The second-order valence-electron chi connectivity index (χ2n) is 6.04. The lowest BCUT2D eigenvalue weighted by Crippen LogP contribution is -2.05. The SMILES string of the molecule is CCOC(=O)c1cccc(-n2c(O)c(/C=C3\C=Nc4ccccc43)sc2=S)c1. The van der Waals surface area contributed by atoms with Gasteiger partial charge in [0, 0.05) is 17.4 Å². The van der Waals surface area contributed by atoms with Crippen LogP contribution in [0.3, 0.4) is 0 Å². The first-order valence-electron chi connectivity index (χ1n) is 8.66. The van der Waals surface area contributed by atoms with Crippen molar-refractivity contribution in [2.75, 3.05) is 6.61 Å². The standard InChI is InChI=1S/C21H16N2O3S2/c1-2-26-20(25)13-6-5-7-15(10-13)23-19(24)18(28-21(23)27)11-14-12-22-17-9-4-3-8-16(14)17/h3-12,24H,2H2,1H3/b14-11+. The molecular formula is C21H16N2O3S2. The third-order valence-electron chi connectivity index (χ3n) is 4.27. The number of allylic oxidation sites excluding steroid dienone is 1. The van der Waals surface area contributed by atoms with E-state index in [1.807, 2.05) is 30.3 Å². The zero-order chi connectivity index (χ0) is 19.7. The van der Waals surface area contributed by atoms with Crippen LogP contribution in [0.2, 0.25) is 0 Å². The number of rotatable bonds is 4. The first-order valence-corrected chi connectivity index (χ1v) is 9.88. The molecule has 2 heterocycles. The Balaban J connectivity index is 1.75. The molecule has 0 atom stereocenters. The Labute approximate surface area is 170 Å². The molecule has 2 aromatic carbocycles. The van der Waals surface area contributed by atoms with Crippen LogP contribution in [-0.4, -0.2) is 28.5 Å². The zero-order valence-corrected chi connectivity index (χ0v) is 16.6. The number of hydrogen-bond donors (Lipinski definition) is 1. The van der Waals surface area contributed by atoms with E-state index in [2.05, 4.69) is 4.99 Å². The van der Waals surface area contributed by atoms with Crippen molar-refractivity contribution in [1.29, 1.82) is 0 Å². The van der Waals surface area contributed by atoms with Crippen molar-refractivity contribution in [1.82, 2.24) is 4.57 Å². The molecule has 0 spiro atoms. The van der Waals surface area contributed by atoms with E-state index in [0.29, 0.717) is 26.7 Å². The number of benzene rings is 2. The molecule has 3 aromatic rings. The Kier molecular flexibility index (Phi) is 4.93. The molecule has 5 nitrogen and oxygen atoms in total. The minimum absolute atomic E-state index is 0.0290. The number of carbonyl (C=O) groups excluding carboxylic acids is 1. The number of fused-ring (bicyclic) bond motifs is 1. The minimum atomic E-state index is -0.410. The second kappa shape index (κ2) is 7.53. The molecule has 0 aliphatic carbocycles. The number of esters is 1. The normalized spacial score (nSPS) is 13.7. The highest BCUT2D eigenvalue weighted by atomic mass is 32.1. The number of thiazole rings is 1. The van der Waals surface area contributed by atoms with Crippen molar-refractivity contribution in [3.63, 3.8) is 0 Å². The maximum atomic E-state index is 12.0. The lowest BCUT2D eigenvalue weighted by atomic mass is 10.1. The number of ether oxygens (including phenoxy) is 1. The highest BCUT2D eigenvalue weighted by Crippen LogP contribution is 2.36. The van der Waals surface area contributed by atoms with Gasteiger partial charge in [-0.1, -0.05) is 24.3 Å². The maximum Gasteiger partial charge on any atom is 0.338 e. The molecule has 4 rings (SSSR count). The molecular weight excluding hydrogens is 392 g/mol. The van der Waals surface area contributed by atoms with Gasteiger partial charge in [-0.2, -0.15) is 0 Å². The van der Waals surface area contributed by atoms with Crippen LogP contribution in [0, 0.1) is 3.95 Å². The molecule has 1 N–H and O–H groups in total. The smallest absolute Gasteiger partial charge is 0.338 e. The van der Waals surface area contributed by atoms with Crippen molar-refractivity contribution >= 4 is 53.1 Å². The number of aromatic nitrogens is 1. The van der Waals surface area contributed by atoms with Crippen molar-refractivity contribution in [3.05, 3.63) is 68.5 Å². The summed E-state index contributed by atoms with van der Waals surface area (Å²) in [4.78, 5) is 17.0. The van der Waals surface area contributed by atoms with Crippen molar-refractivity contribution in [2.24, 2.45) is 4.99 Å². The maximum absolute atomic E-state index is 12.0. The fourth-order valence-corrected chi connectivity index (χ4v) is 4.29. The van der Waals surface area contributed by atoms with Crippen LogP contribution in [-0.2, 0) is 4.74 Å². The molecule has 0 amide bonds. The molecule has 0 bridgehead atoms. The fraction of sp³-hybridized carbons (Fsp3) is 0.0952. The van der Waals surface area contributed by atoms with E-state index in [9.17, 15) is 9.90 Å². The Morgan fingerprint density at radius 3 is 2.93 bits per heavy atom. The van der Waals surface area contributed by atoms with E-state index in [-0.39, 0.29) is 5.88 Å². The summed E-state index contributed by atoms with van der Waals surface area (Å²) < 4.78 is 7.08. The van der Waals surface area contributed by atoms with Gasteiger partial charge in [-0.05, 0) is 49.5 Å². The molecule has 0 saturated heterocycles. The molecule has 0 saturated carbocycles. The Bertz CT molecular complexity index is 1190. The van der Waals surface area contributed by atoms with Crippen LogP contribution >= 0.6 is 23.6 Å². The van der Waals surface area contributed by atoms with E-state index >= 15 is 0 Å². The van der Waals surface area contributed by atoms with Crippen LogP contribution in [0.25, 0.3) is 17.3 Å². The van der Waals surface area contributed by atoms with Gasteiger partial charge in [-0.3, -0.25) is 9.56 Å². The predicted molar refractivity (Wildman–Crippen MR) is 115 cm³/mol. The third kappa shape index (κ3) is 3.30. The Morgan fingerprint density at radius 1 is 1.29 bits per heavy atom. The van der Waals surface area contributed by atoms with Crippen LogP contribution < -0.4 is 0 Å². The van der Waals surface area contributed by atoms with E-state index in [4.69, 9.17) is 17.0 Å². The first kappa shape index (κ1) is 18.3. The van der Waals surface area contributed by atoms with E-state index in [1.165, 1.54) is 11.3 Å². The van der Waals surface area contributed by atoms with Gasteiger partial charge in [-0.25, -0.2) is 4.79 Å².